The third kappa shape index (κ3) is 8.24. The summed E-state index contributed by atoms with van der Waals surface area (Å²) in [7, 11) is 0. The summed E-state index contributed by atoms with van der Waals surface area (Å²) in [5.41, 5.74) is 3.72. The van der Waals surface area contributed by atoms with E-state index in [1.165, 1.54) is 6.21 Å². The van der Waals surface area contributed by atoms with Gasteiger partial charge in [-0.2, -0.15) is 5.10 Å². The Balaban J connectivity index is 1.78. The van der Waals surface area contributed by atoms with Crippen molar-refractivity contribution in [1.29, 1.82) is 0 Å². The maximum absolute atomic E-state index is 12.0. The Bertz CT molecular complexity index is 869. The van der Waals surface area contributed by atoms with Crippen LogP contribution < -0.4 is 20.2 Å². The maximum atomic E-state index is 12.0. The second-order valence-corrected chi connectivity index (χ2v) is 7.22. The van der Waals surface area contributed by atoms with E-state index in [9.17, 15) is 9.59 Å². The van der Waals surface area contributed by atoms with Crippen molar-refractivity contribution in [3.8, 4) is 11.5 Å². The van der Waals surface area contributed by atoms with Crippen molar-refractivity contribution >= 4 is 39.6 Å². The summed E-state index contributed by atoms with van der Waals surface area (Å²) >= 11 is 3.46. The predicted octanol–water partition coefficient (Wildman–Crippen LogP) is 4.51. The Morgan fingerprint density at radius 3 is 2.50 bits per heavy atom. The molecule has 2 aromatic rings. The van der Waals surface area contributed by atoms with Crippen molar-refractivity contribution in [3.63, 3.8) is 0 Å². The van der Waals surface area contributed by atoms with Crippen molar-refractivity contribution in [3.05, 3.63) is 52.5 Å². The van der Waals surface area contributed by atoms with Gasteiger partial charge < -0.3 is 14.8 Å². The Morgan fingerprint density at radius 2 is 1.83 bits per heavy atom. The van der Waals surface area contributed by atoms with Crippen molar-refractivity contribution in [2.75, 3.05) is 18.5 Å². The molecule has 0 atom stereocenters. The molecule has 0 aromatic heterocycles. The number of nitrogens with zero attached hydrogens (tertiary/aromatic N) is 1. The molecule has 2 rings (SSSR count). The monoisotopic (exact) mass is 475 g/mol. The first-order valence-electron chi connectivity index (χ1n) is 9.78. The molecule has 2 amide bonds. The molecular formula is C22H26BrN3O4. The molecule has 7 nitrogen and oxygen atoms in total. The largest absolute Gasteiger partial charge is 0.494 e. The number of rotatable bonds is 11. The van der Waals surface area contributed by atoms with Gasteiger partial charge in [0, 0.05) is 5.69 Å². The molecule has 0 aliphatic rings. The van der Waals surface area contributed by atoms with E-state index in [1.807, 2.05) is 25.1 Å². The molecule has 0 spiro atoms. The Kier molecular flexibility index (Phi) is 9.86. The standard InChI is InChI=1S/C22H26BrN3O4/c1-3-5-12-30-20-11-6-16(13-19(20)23)15-24-26-22(28)14-21(27)25-17-7-9-18(10-8-17)29-4-2/h6-11,13,15H,3-5,12,14H2,1-2H3,(H,25,27)(H,26,28). The average molecular weight is 476 g/mol. The molecule has 0 aliphatic carbocycles. The number of hydrazone groups is 1. The summed E-state index contributed by atoms with van der Waals surface area (Å²) in [4.78, 5) is 23.9. The minimum atomic E-state index is -0.506. The highest BCUT2D eigenvalue weighted by Gasteiger charge is 2.09. The summed E-state index contributed by atoms with van der Waals surface area (Å²) in [6.45, 7) is 5.24. The van der Waals surface area contributed by atoms with Gasteiger partial charge in [0.25, 0.3) is 0 Å². The molecule has 0 radical (unpaired) electrons. The second-order valence-electron chi connectivity index (χ2n) is 6.37. The van der Waals surface area contributed by atoms with Gasteiger partial charge >= 0.3 is 0 Å². The van der Waals surface area contributed by atoms with Crippen LogP contribution in [0.4, 0.5) is 5.69 Å². The highest BCUT2D eigenvalue weighted by atomic mass is 79.9. The van der Waals surface area contributed by atoms with E-state index >= 15 is 0 Å². The van der Waals surface area contributed by atoms with Crippen LogP contribution >= 0.6 is 15.9 Å². The normalized spacial score (nSPS) is 10.6. The molecule has 30 heavy (non-hydrogen) atoms. The van der Waals surface area contributed by atoms with Gasteiger partial charge in [-0.3, -0.25) is 9.59 Å². The fraction of sp³-hybridized carbons (Fsp3) is 0.318. The van der Waals surface area contributed by atoms with E-state index in [1.54, 1.807) is 24.3 Å². The van der Waals surface area contributed by atoms with Gasteiger partial charge in [0.1, 0.15) is 17.9 Å². The summed E-state index contributed by atoms with van der Waals surface area (Å²) in [5, 5.41) is 6.55. The Hall–Kier alpha value is -2.87. The molecular weight excluding hydrogens is 450 g/mol. The van der Waals surface area contributed by atoms with Gasteiger partial charge in [0.05, 0.1) is 23.9 Å². The van der Waals surface area contributed by atoms with E-state index in [-0.39, 0.29) is 6.42 Å². The Labute approximate surface area is 185 Å². The van der Waals surface area contributed by atoms with Crippen LogP contribution in [0.1, 0.15) is 38.7 Å². The molecule has 0 saturated carbocycles. The van der Waals surface area contributed by atoms with Crippen LogP contribution in [-0.4, -0.2) is 31.2 Å². The highest BCUT2D eigenvalue weighted by molar-refractivity contribution is 9.10. The van der Waals surface area contributed by atoms with E-state index in [0.717, 1.165) is 34.4 Å². The molecule has 0 unspecified atom stereocenters. The van der Waals surface area contributed by atoms with Crippen molar-refractivity contribution < 1.29 is 19.1 Å². The number of anilines is 1. The van der Waals surface area contributed by atoms with E-state index in [2.05, 4.69) is 38.7 Å². The molecule has 0 fully saturated rings. The third-order valence-corrected chi connectivity index (χ3v) is 4.50. The van der Waals surface area contributed by atoms with Crippen LogP contribution in [0.3, 0.4) is 0 Å². The average Bonchev–Trinajstić information content (AvgIpc) is 2.71. The fourth-order valence-corrected chi connectivity index (χ4v) is 2.92. The highest BCUT2D eigenvalue weighted by Crippen LogP contribution is 2.25. The first-order chi connectivity index (χ1) is 14.5. The zero-order valence-electron chi connectivity index (χ0n) is 17.1. The van der Waals surface area contributed by atoms with E-state index in [4.69, 9.17) is 9.47 Å². The minimum absolute atomic E-state index is 0.335. The number of hydrogen-bond acceptors (Lipinski definition) is 5. The lowest BCUT2D eigenvalue weighted by molar-refractivity contribution is -0.126. The zero-order valence-corrected chi connectivity index (χ0v) is 18.7. The number of unbranched alkanes of at least 4 members (excludes halogenated alkanes) is 1. The topological polar surface area (TPSA) is 89.0 Å². The number of nitrogens with one attached hydrogen (secondary N) is 2. The molecule has 0 aliphatic heterocycles. The number of benzene rings is 2. The first-order valence-corrected chi connectivity index (χ1v) is 10.6. The van der Waals surface area contributed by atoms with Crippen LogP contribution in [0.25, 0.3) is 0 Å². The van der Waals surface area contributed by atoms with Gasteiger partial charge in [-0.05, 0) is 77.3 Å². The first kappa shape index (κ1) is 23.4. The van der Waals surface area contributed by atoms with Crippen LogP contribution in [0, 0.1) is 0 Å². The smallest absolute Gasteiger partial charge is 0.249 e. The lowest BCUT2D eigenvalue weighted by Gasteiger charge is -2.08. The van der Waals surface area contributed by atoms with Gasteiger partial charge in [-0.1, -0.05) is 13.3 Å². The SMILES string of the molecule is CCCCOc1ccc(C=NNC(=O)CC(=O)Nc2ccc(OCC)cc2)cc1Br. The van der Waals surface area contributed by atoms with Crippen molar-refractivity contribution in [1.82, 2.24) is 5.43 Å². The van der Waals surface area contributed by atoms with E-state index in [0.29, 0.717) is 18.9 Å². The molecule has 2 N–H and O–H groups in total. The molecule has 0 bridgehead atoms. The summed E-state index contributed by atoms with van der Waals surface area (Å²) in [6.07, 6.45) is 3.23. The fourth-order valence-electron chi connectivity index (χ4n) is 2.41. The van der Waals surface area contributed by atoms with Gasteiger partial charge in [-0.15, -0.1) is 0 Å². The third-order valence-electron chi connectivity index (χ3n) is 3.88. The number of ether oxygens (including phenoxy) is 2. The number of amides is 2. The number of hydrogen-bond donors (Lipinski definition) is 2. The Morgan fingerprint density at radius 1 is 1.07 bits per heavy atom. The van der Waals surface area contributed by atoms with E-state index < -0.39 is 11.8 Å². The van der Waals surface area contributed by atoms with Crippen molar-refractivity contribution in [2.45, 2.75) is 33.1 Å². The number of carbonyl (C=O) groups is 2. The van der Waals surface area contributed by atoms with Gasteiger partial charge in [0.2, 0.25) is 11.8 Å². The molecule has 0 saturated heterocycles. The molecule has 160 valence electrons. The number of carbonyl (C=O) groups excluding carboxylic acids is 2. The zero-order chi connectivity index (χ0) is 21.8. The minimum Gasteiger partial charge on any atom is -0.494 e. The summed E-state index contributed by atoms with van der Waals surface area (Å²) < 4.78 is 11.8. The van der Waals surface area contributed by atoms with Crippen LogP contribution in [0.2, 0.25) is 0 Å². The maximum Gasteiger partial charge on any atom is 0.249 e. The lowest BCUT2D eigenvalue weighted by Crippen LogP contribution is -2.24. The summed E-state index contributed by atoms with van der Waals surface area (Å²) in [5.74, 6) is 0.543. The predicted molar refractivity (Wildman–Crippen MR) is 121 cm³/mol. The molecule has 8 heteroatoms. The van der Waals surface area contributed by atoms with Gasteiger partial charge in [0.15, 0.2) is 0 Å². The number of halogens is 1. The lowest BCUT2D eigenvalue weighted by atomic mass is 10.2. The summed E-state index contributed by atoms with van der Waals surface area (Å²) in [6, 6.07) is 12.4. The van der Waals surface area contributed by atoms with Crippen molar-refractivity contribution in [2.24, 2.45) is 5.10 Å². The van der Waals surface area contributed by atoms with Gasteiger partial charge in [-0.25, -0.2) is 5.43 Å². The second kappa shape index (κ2) is 12.6. The van der Waals surface area contributed by atoms with Crippen LogP contribution in [0.5, 0.6) is 11.5 Å². The van der Waals surface area contributed by atoms with Crippen LogP contribution in [-0.2, 0) is 9.59 Å². The quantitative estimate of drug-likeness (QED) is 0.216. The molecule has 2 aromatic carbocycles. The molecule has 0 heterocycles. The van der Waals surface area contributed by atoms with Crippen LogP contribution in [0.15, 0.2) is 52.0 Å².